The van der Waals surface area contributed by atoms with E-state index in [9.17, 15) is 12.8 Å². The number of hydrogen-bond donors (Lipinski definition) is 1. The molecule has 88 valence electrons. The summed E-state index contributed by atoms with van der Waals surface area (Å²) >= 11 is 0. The summed E-state index contributed by atoms with van der Waals surface area (Å²) in [4.78, 5) is 0.0810. The van der Waals surface area contributed by atoms with E-state index < -0.39 is 20.9 Å². The van der Waals surface area contributed by atoms with E-state index in [4.69, 9.17) is 0 Å². The zero-order valence-electron chi connectivity index (χ0n) is 9.20. The Hall–Kier alpha value is -1.10. The zero-order chi connectivity index (χ0) is 11.9. The molecule has 1 atom stereocenters. The molecule has 0 aliphatic carbocycles. The Labute approximate surface area is 94.6 Å². The number of benzene rings is 1. The third kappa shape index (κ3) is 1.69. The molecule has 16 heavy (non-hydrogen) atoms. The van der Waals surface area contributed by atoms with Gasteiger partial charge < -0.3 is 5.32 Å². The quantitative estimate of drug-likeness (QED) is 0.821. The molecule has 1 unspecified atom stereocenters. The van der Waals surface area contributed by atoms with Crippen LogP contribution in [0.25, 0.3) is 0 Å². The summed E-state index contributed by atoms with van der Waals surface area (Å²) < 4.78 is 37.5. The smallest absolute Gasteiger partial charge is 0.185 e. The van der Waals surface area contributed by atoms with Crippen LogP contribution in [0.2, 0.25) is 0 Å². The van der Waals surface area contributed by atoms with Gasteiger partial charge >= 0.3 is 0 Å². The minimum absolute atomic E-state index is 0.00826. The maximum absolute atomic E-state index is 13.1. The molecule has 0 aromatic heterocycles. The summed E-state index contributed by atoms with van der Waals surface area (Å²) in [6, 6.07) is 3.82. The first kappa shape index (κ1) is 11.4. The summed E-state index contributed by atoms with van der Waals surface area (Å²) in [6.45, 7) is 4.10. The Morgan fingerprint density at radius 1 is 1.44 bits per heavy atom. The Bertz CT molecular complexity index is 511. The number of halogens is 1. The molecule has 1 heterocycles. The fourth-order valence-electron chi connectivity index (χ4n) is 1.95. The molecule has 2 rings (SSSR count). The van der Waals surface area contributed by atoms with Crippen molar-refractivity contribution in [3.63, 3.8) is 0 Å². The molecule has 1 aliphatic heterocycles. The lowest BCUT2D eigenvalue weighted by molar-refractivity contribution is 0.531. The summed E-state index contributed by atoms with van der Waals surface area (Å²) in [7, 11) is -3.41. The van der Waals surface area contributed by atoms with Crippen molar-refractivity contribution >= 4 is 15.5 Å². The molecule has 0 bridgehead atoms. The monoisotopic (exact) mass is 243 g/mol. The second-order valence-corrected chi connectivity index (χ2v) is 6.48. The van der Waals surface area contributed by atoms with Crippen LogP contribution in [0.3, 0.4) is 0 Å². The molecular weight excluding hydrogens is 229 g/mol. The largest absolute Gasteiger partial charge is 0.383 e. The SMILES string of the molecule is CC(C)C1CNc2ccc(F)cc2S1(=O)=O. The molecule has 0 spiro atoms. The first-order valence-corrected chi connectivity index (χ1v) is 6.75. The summed E-state index contributed by atoms with van der Waals surface area (Å²) in [5, 5.41) is 2.55. The molecule has 3 nitrogen and oxygen atoms in total. The van der Waals surface area contributed by atoms with E-state index in [0.29, 0.717) is 12.2 Å². The minimum Gasteiger partial charge on any atom is -0.383 e. The van der Waals surface area contributed by atoms with Gasteiger partial charge in [-0.25, -0.2) is 12.8 Å². The highest BCUT2D eigenvalue weighted by Gasteiger charge is 2.35. The number of fused-ring (bicyclic) bond motifs is 1. The van der Waals surface area contributed by atoms with Gasteiger partial charge in [0.05, 0.1) is 15.8 Å². The van der Waals surface area contributed by atoms with E-state index in [1.54, 1.807) is 0 Å². The maximum atomic E-state index is 13.1. The molecule has 1 aliphatic rings. The minimum atomic E-state index is -3.41. The molecule has 0 amide bonds. The van der Waals surface area contributed by atoms with Gasteiger partial charge in [0.2, 0.25) is 0 Å². The second-order valence-electron chi connectivity index (χ2n) is 4.35. The predicted molar refractivity (Wildman–Crippen MR) is 60.7 cm³/mol. The van der Waals surface area contributed by atoms with Crippen molar-refractivity contribution in [3.05, 3.63) is 24.0 Å². The fraction of sp³-hybridized carbons (Fsp3) is 0.455. The first-order valence-electron chi connectivity index (χ1n) is 5.20. The molecule has 0 saturated carbocycles. The number of nitrogens with one attached hydrogen (secondary N) is 1. The average Bonchev–Trinajstić information content (AvgIpc) is 2.18. The van der Waals surface area contributed by atoms with E-state index >= 15 is 0 Å². The van der Waals surface area contributed by atoms with Crippen LogP contribution in [-0.2, 0) is 9.84 Å². The Kier molecular flexibility index (Phi) is 2.66. The van der Waals surface area contributed by atoms with Gasteiger partial charge in [-0.2, -0.15) is 0 Å². The highest BCUT2D eigenvalue weighted by Crippen LogP contribution is 2.32. The first-order chi connectivity index (χ1) is 7.43. The lowest BCUT2D eigenvalue weighted by atomic mass is 10.1. The van der Waals surface area contributed by atoms with E-state index in [-0.39, 0.29) is 10.8 Å². The highest BCUT2D eigenvalue weighted by atomic mass is 32.2. The molecule has 1 aromatic carbocycles. The third-order valence-corrected chi connectivity index (χ3v) is 5.34. The second kappa shape index (κ2) is 3.73. The van der Waals surface area contributed by atoms with Crippen LogP contribution < -0.4 is 5.32 Å². The molecule has 5 heteroatoms. The van der Waals surface area contributed by atoms with Crippen LogP contribution in [0.5, 0.6) is 0 Å². The van der Waals surface area contributed by atoms with Gasteiger partial charge in [-0.05, 0) is 24.1 Å². The molecular formula is C11H14FNO2S. The van der Waals surface area contributed by atoms with Crippen molar-refractivity contribution in [1.82, 2.24) is 0 Å². The van der Waals surface area contributed by atoms with Crippen molar-refractivity contribution in [3.8, 4) is 0 Å². The number of sulfone groups is 1. The van der Waals surface area contributed by atoms with Crippen LogP contribution in [0.1, 0.15) is 13.8 Å². The summed E-state index contributed by atoms with van der Waals surface area (Å²) in [5.41, 5.74) is 0.498. The van der Waals surface area contributed by atoms with E-state index in [0.717, 1.165) is 6.07 Å². The lowest BCUT2D eigenvalue weighted by Crippen LogP contribution is -2.38. The summed E-state index contributed by atoms with van der Waals surface area (Å²) in [6.07, 6.45) is 0. The highest BCUT2D eigenvalue weighted by molar-refractivity contribution is 7.92. The van der Waals surface area contributed by atoms with Gasteiger partial charge in [0.15, 0.2) is 9.84 Å². The molecule has 1 aromatic rings. The van der Waals surface area contributed by atoms with E-state index in [1.165, 1.54) is 12.1 Å². The van der Waals surface area contributed by atoms with Crippen molar-refractivity contribution in [1.29, 1.82) is 0 Å². The number of hydrogen-bond acceptors (Lipinski definition) is 3. The summed E-state index contributed by atoms with van der Waals surface area (Å²) in [5.74, 6) is -0.512. The standard InChI is InChI=1S/C11H14FNO2S/c1-7(2)11-6-13-9-4-3-8(12)5-10(9)16(11,14)15/h3-5,7,11,13H,6H2,1-2H3. The predicted octanol–water partition coefficient (Wildman–Crippen LogP) is 2.05. The van der Waals surface area contributed by atoms with Gasteiger partial charge in [0.1, 0.15) is 5.82 Å². The number of rotatable bonds is 1. The van der Waals surface area contributed by atoms with E-state index in [1.807, 2.05) is 13.8 Å². The van der Waals surface area contributed by atoms with Crippen LogP contribution in [0, 0.1) is 11.7 Å². The van der Waals surface area contributed by atoms with Crippen LogP contribution in [0.15, 0.2) is 23.1 Å². The Morgan fingerprint density at radius 2 is 2.12 bits per heavy atom. The van der Waals surface area contributed by atoms with Gasteiger partial charge in [-0.15, -0.1) is 0 Å². The van der Waals surface area contributed by atoms with Crippen molar-refractivity contribution in [2.45, 2.75) is 24.0 Å². The topological polar surface area (TPSA) is 46.2 Å². The van der Waals surface area contributed by atoms with Gasteiger partial charge in [-0.1, -0.05) is 13.8 Å². The lowest BCUT2D eigenvalue weighted by Gasteiger charge is -2.28. The third-order valence-electron chi connectivity index (χ3n) is 2.89. The molecule has 1 N–H and O–H groups in total. The fourth-order valence-corrected chi connectivity index (χ4v) is 4.02. The van der Waals surface area contributed by atoms with Gasteiger partial charge in [0, 0.05) is 6.54 Å². The van der Waals surface area contributed by atoms with Crippen LogP contribution in [0.4, 0.5) is 10.1 Å². The average molecular weight is 243 g/mol. The van der Waals surface area contributed by atoms with Gasteiger partial charge in [-0.3, -0.25) is 0 Å². The Balaban J connectivity index is 2.58. The van der Waals surface area contributed by atoms with Crippen LogP contribution in [-0.4, -0.2) is 20.2 Å². The van der Waals surface area contributed by atoms with Crippen LogP contribution >= 0.6 is 0 Å². The van der Waals surface area contributed by atoms with Crippen molar-refractivity contribution in [2.75, 3.05) is 11.9 Å². The molecule has 0 fully saturated rings. The van der Waals surface area contributed by atoms with Crippen molar-refractivity contribution < 1.29 is 12.8 Å². The van der Waals surface area contributed by atoms with Crippen molar-refractivity contribution in [2.24, 2.45) is 5.92 Å². The molecule has 0 saturated heterocycles. The van der Waals surface area contributed by atoms with Gasteiger partial charge in [0.25, 0.3) is 0 Å². The molecule has 0 radical (unpaired) electrons. The zero-order valence-corrected chi connectivity index (χ0v) is 10.0. The number of anilines is 1. The maximum Gasteiger partial charge on any atom is 0.185 e. The normalized spacial score (nSPS) is 22.6. The van der Waals surface area contributed by atoms with E-state index in [2.05, 4.69) is 5.32 Å². The Morgan fingerprint density at radius 3 is 2.75 bits per heavy atom.